The van der Waals surface area contributed by atoms with Crippen molar-refractivity contribution in [2.45, 2.75) is 88.9 Å². The molecular formula is C30H46NO4S+. The van der Waals surface area contributed by atoms with E-state index in [2.05, 4.69) is 27.7 Å². The number of benzene rings is 2. The van der Waals surface area contributed by atoms with Crippen LogP contribution in [-0.2, 0) is 0 Å². The third-order valence-electron chi connectivity index (χ3n) is 6.40. The van der Waals surface area contributed by atoms with Crippen LogP contribution in [0.5, 0.6) is 0 Å². The van der Waals surface area contributed by atoms with Crippen molar-refractivity contribution in [1.82, 2.24) is 0 Å². The first-order valence-electron chi connectivity index (χ1n) is 13.5. The van der Waals surface area contributed by atoms with Crippen LogP contribution in [-0.4, -0.2) is 52.8 Å². The Morgan fingerprint density at radius 3 is 1.19 bits per heavy atom. The summed E-state index contributed by atoms with van der Waals surface area (Å²) in [6.07, 6.45) is 11.1. The smallest absolute Gasteiger partial charge is 0.336 e. The molecule has 0 aliphatic heterocycles. The molecule has 6 heteroatoms. The lowest BCUT2D eigenvalue weighted by Gasteiger charge is -2.39. The van der Waals surface area contributed by atoms with Gasteiger partial charge < -0.3 is 14.7 Å². The zero-order valence-corrected chi connectivity index (χ0v) is 23.5. The molecule has 0 amide bonds. The second-order valence-electron chi connectivity index (χ2n) is 9.35. The van der Waals surface area contributed by atoms with Gasteiger partial charge in [-0.3, -0.25) is 0 Å². The van der Waals surface area contributed by atoms with Crippen molar-refractivity contribution in [2.24, 2.45) is 0 Å². The highest BCUT2D eigenvalue weighted by atomic mass is 32.2. The minimum Gasteiger partial charge on any atom is -0.478 e. The van der Waals surface area contributed by atoms with Gasteiger partial charge in [-0.15, -0.1) is 0 Å². The van der Waals surface area contributed by atoms with E-state index in [0.29, 0.717) is 9.79 Å². The molecule has 0 spiro atoms. The van der Waals surface area contributed by atoms with E-state index in [-0.39, 0.29) is 11.1 Å². The van der Waals surface area contributed by atoms with Gasteiger partial charge >= 0.3 is 11.9 Å². The maximum atomic E-state index is 11.1. The molecule has 0 radical (unpaired) electrons. The standard InChI is InChI=1S/C16H36N.C14H10O4S/c1-5-9-13-17(14-10-6-2,15-11-7-3)16-12-8-4;15-13(16)9-5-1-3-7-11(9)19-12-8-4-2-6-10(12)14(17)18/h5-16H2,1-4H3;1-8H,(H,15,16)(H,17,18)/q+1;. The number of hydrogen-bond donors (Lipinski definition) is 2. The first kappa shape index (κ1) is 31.7. The number of nitrogens with zero attached hydrogens (tertiary/aromatic N) is 1. The lowest BCUT2D eigenvalue weighted by molar-refractivity contribution is -0.929. The highest BCUT2D eigenvalue weighted by molar-refractivity contribution is 7.99. The predicted molar refractivity (Wildman–Crippen MR) is 150 cm³/mol. The predicted octanol–water partition coefficient (Wildman–Crippen LogP) is 8.24. The summed E-state index contributed by atoms with van der Waals surface area (Å²) in [5.41, 5.74) is 0.320. The molecule has 2 N–H and O–H groups in total. The molecule has 0 bridgehead atoms. The Labute approximate surface area is 222 Å². The Morgan fingerprint density at radius 1 is 0.611 bits per heavy atom. The number of rotatable bonds is 16. The maximum absolute atomic E-state index is 11.1. The number of carboxylic acid groups (broad SMARTS) is 2. The SMILES string of the molecule is CCCC[N+](CCCC)(CCCC)CCCC.O=C(O)c1ccccc1Sc1ccccc1C(=O)O. The van der Waals surface area contributed by atoms with E-state index in [4.69, 9.17) is 10.2 Å². The molecule has 0 unspecified atom stereocenters. The summed E-state index contributed by atoms with van der Waals surface area (Å²) < 4.78 is 1.42. The lowest BCUT2D eigenvalue weighted by atomic mass is 10.1. The summed E-state index contributed by atoms with van der Waals surface area (Å²) in [4.78, 5) is 23.2. The van der Waals surface area contributed by atoms with Gasteiger partial charge in [0.1, 0.15) is 0 Å². The molecule has 0 aliphatic carbocycles. The van der Waals surface area contributed by atoms with Gasteiger partial charge in [0.2, 0.25) is 0 Å². The van der Waals surface area contributed by atoms with Gasteiger partial charge in [-0.25, -0.2) is 9.59 Å². The molecule has 0 saturated carbocycles. The van der Waals surface area contributed by atoms with Crippen LogP contribution in [0.4, 0.5) is 0 Å². The molecule has 2 aromatic carbocycles. The quantitative estimate of drug-likeness (QED) is 0.220. The van der Waals surface area contributed by atoms with Crippen molar-refractivity contribution in [3.8, 4) is 0 Å². The van der Waals surface area contributed by atoms with Gasteiger partial charge in [0.05, 0.1) is 37.3 Å². The Kier molecular flexibility index (Phi) is 15.9. The largest absolute Gasteiger partial charge is 0.478 e. The van der Waals surface area contributed by atoms with Crippen molar-refractivity contribution in [3.63, 3.8) is 0 Å². The van der Waals surface area contributed by atoms with Crippen LogP contribution in [0, 0.1) is 0 Å². The number of aromatic carboxylic acids is 2. The van der Waals surface area contributed by atoms with Gasteiger partial charge in [0.25, 0.3) is 0 Å². The van der Waals surface area contributed by atoms with Gasteiger partial charge in [-0.05, 0) is 49.9 Å². The summed E-state index contributed by atoms with van der Waals surface area (Å²) in [7, 11) is 0. The third kappa shape index (κ3) is 11.2. The average Bonchev–Trinajstić information content (AvgIpc) is 2.88. The molecule has 200 valence electrons. The highest BCUT2D eigenvalue weighted by Gasteiger charge is 2.24. The Bertz CT molecular complexity index is 822. The van der Waals surface area contributed by atoms with Crippen molar-refractivity contribution >= 4 is 23.7 Å². The van der Waals surface area contributed by atoms with E-state index in [9.17, 15) is 9.59 Å². The van der Waals surface area contributed by atoms with Crippen LogP contribution in [0.1, 0.15) is 99.8 Å². The lowest BCUT2D eigenvalue weighted by Crippen LogP contribution is -2.50. The van der Waals surface area contributed by atoms with E-state index in [1.807, 2.05) is 0 Å². The zero-order chi connectivity index (χ0) is 26.8. The first-order valence-corrected chi connectivity index (χ1v) is 14.3. The fourth-order valence-electron chi connectivity index (χ4n) is 4.23. The van der Waals surface area contributed by atoms with Crippen LogP contribution in [0.2, 0.25) is 0 Å². The number of quaternary nitrogens is 1. The van der Waals surface area contributed by atoms with Crippen LogP contribution in [0.25, 0.3) is 0 Å². The molecule has 0 heterocycles. The van der Waals surface area contributed by atoms with Gasteiger partial charge in [-0.1, -0.05) is 89.4 Å². The fourth-order valence-corrected chi connectivity index (χ4v) is 5.29. The molecule has 0 saturated heterocycles. The molecule has 0 atom stereocenters. The zero-order valence-electron chi connectivity index (χ0n) is 22.7. The molecule has 2 rings (SSSR count). The second kappa shape index (κ2) is 18.0. The summed E-state index contributed by atoms with van der Waals surface area (Å²) in [5.74, 6) is -2.06. The molecule has 2 aromatic rings. The van der Waals surface area contributed by atoms with Crippen molar-refractivity contribution < 1.29 is 24.3 Å². The fraction of sp³-hybridized carbons (Fsp3) is 0.533. The molecular weight excluding hydrogens is 470 g/mol. The van der Waals surface area contributed by atoms with Crippen LogP contribution in [0.15, 0.2) is 58.3 Å². The Balaban J connectivity index is 0.000000363. The van der Waals surface area contributed by atoms with Crippen LogP contribution < -0.4 is 0 Å². The monoisotopic (exact) mass is 516 g/mol. The number of hydrogen-bond acceptors (Lipinski definition) is 3. The van der Waals surface area contributed by atoms with Crippen LogP contribution in [0.3, 0.4) is 0 Å². The molecule has 5 nitrogen and oxygen atoms in total. The van der Waals surface area contributed by atoms with E-state index >= 15 is 0 Å². The summed E-state index contributed by atoms with van der Waals surface area (Å²) in [5, 5.41) is 18.2. The summed E-state index contributed by atoms with van der Waals surface area (Å²) in [6, 6.07) is 13.0. The van der Waals surface area contributed by atoms with Crippen molar-refractivity contribution in [2.75, 3.05) is 26.2 Å². The van der Waals surface area contributed by atoms with E-state index < -0.39 is 11.9 Å². The van der Waals surface area contributed by atoms with E-state index in [1.54, 1.807) is 36.4 Å². The topological polar surface area (TPSA) is 74.6 Å². The molecule has 0 aromatic heterocycles. The Morgan fingerprint density at radius 2 is 0.917 bits per heavy atom. The van der Waals surface area contributed by atoms with Crippen molar-refractivity contribution in [1.29, 1.82) is 0 Å². The number of unbranched alkanes of at least 4 members (excludes halogenated alkanes) is 4. The van der Waals surface area contributed by atoms with Gasteiger partial charge in [0, 0.05) is 9.79 Å². The number of carbonyl (C=O) groups is 2. The first-order chi connectivity index (χ1) is 17.3. The maximum Gasteiger partial charge on any atom is 0.336 e. The van der Waals surface area contributed by atoms with E-state index in [0.717, 1.165) is 11.8 Å². The molecule has 0 aliphatic rings. The number of carboxylic acids is 2. The highest BCUT2D eigenvalue weighted by Crippen LogP contribution is 2.32. The average molecular weight is 517 g/mol. The summed E-state index contributed by atoms with van der Waals surface area (Å²) >= 11 is 1.14. The van der Waals surface area contributed by atoms with E-state index in [1.165, 1.54) is 94.2 Å². The molecule has 0 fully saturated rings. The minimum absolute atomic E-state index is 0.160. The van der Waals surface area contributed by atoms with Crippen molar-refractivity contribution in [3.05, 3.63) is 59.7 Å². The third-order valence-corrected chi connectivity index (χ3v) is 7.55. The molecule has 36 heavy (non-hydrogen) atoms. The van der Waals surface area contributed by atoms with Gasteiger partial charge in [-0.2, -0.15) is 0 Å². The van der Waals surface area contributed by atoms with Crippen LogP contribution >= 0.6 is 11.8 Å². The normalized spacial score (nSPS) is 11.0. The second-order valence-corrected chi connectivity index (χ2v) is 10.4. The van der Waals surface area contributed by atoms with Gasteiger partial charge in [0.15, 0.2) is 0 Å². The summed E-state index contributed by atoms with van der Waals surface area (Å²) in [6.45, 7) is 15.0. The minimum atomic E-state index is -1.03. The Hall–Kier alpha value is -2.31.